The Kier molecular flexibility index (Phi) is 7.03. The third kappa shape index (κ3) is 5.21. The molecule has 0 unspecified atom stereocenters. The highest BCUT2D eigenvalue weighted by Gasteiger charge is 2.33. The Balaban J connectivity index is 2.03. The van der Waals surface area contributed by atoms with Crippen LogP contribution >= 0.6 is 0 Å². The molecule has 1 saturated carbocycles. The van der Waals surface area contributed by atoms with Crippen molar-refractivity contribution in [2.45, 2.75) is 46.0 Å². The molecule has 0 heterocycles. The smallest absolute Gasteiger partial charge is 0.341 e. The summed E-state index contributed by atoms with van der Waals surface area (Å²) in [6, 6.07) is 3.49. The van der Waals surface area contributed by atoms with E-state index in [0.29, 0.717) is 24.5 Å². The molecule has 1 aromatic rings. The standard InChI is InChI=1S/C20H29NO5/c1-14-10-16(11-15(2)18(14)26-12-17(22)23)19(24)21-13-20(8-9-25-3)6-4-5-7-20/h10-11H,4-9,12-13H2,1-3H3,(H,21,24)(H,22,23). The topological polar surface area (TPSA) is 84.9 Å². The third-order valence-corrected chi connectivity index (χ3v) is 5.19. The molecule has 6 nitrogen and oxygen atoms in total. The van der Waals surface area contributed by atoms with Crippen LogP contribution in [0.2, 0.25) is 0 Å². The first-order valence-electron chi connectivity index (χ1n) is 9.10. The first kappa shape index (κ1) is 20.2. The average molecular weight is 363 g/mol. The summed E-state index contributed by atoms with van der Waals surface area (Å²) in [6.45, 7) is 4.61. The number of aliphatic carboxylic acids is 1. The van der Waals surface area contributed by atoms with E-state index in [9.17, 15) is 9.59 Å². The molecule has 0 aliphatic heterocycles. The monoisotopic (exact) mass is 363 g/mol. The highest BCUT2D eigenvalue weighted by Crippen LogP contribution is 2.40. The maximum atomic E-state index is 12.6. The van der Waals surface area contributed by atoms with Crippen molar-refractivity contribution in [1.82, 2.24) is 5.32 Å². The predicted molar refractivity (Wildman–Crippen MR) is 98.8 cm³/mol. The van der Waals surface area contributed by atoms with Crippen LogP contribution in [-0.4, -0.2) is 43.9 Å². The zero-order chi connectivity index (χ0) is 19.2. The van der Waals surface area contributed by atoms with Gasteiger partial charge in [0.05, 0.1) is 0 Å². The maximum absolute atomic E-state index is 12.6. The van der Waals surface area contributed by atoms with Gasteiger partial charge in [-0.15, -0.1) is 0 Å². The van der Waals surface area contributed by atoms with Crippen molar-refractivity contribution in [3.63, 3.8) is 0 Å². The Bertz CT molecular complexity index is 627. The summed E-state index contributed by atoms with van der Waals surface area (Å²) in [7, 11) is 1.71. The number of ether oxygens (including phenoxy) is 2. The largest absolute Gasteiger partial charge is 0.481 e. The van der Waals surface area contributed by atoms with Gasteiger partial charge in [0, 0.05) is 25.8 Å². The molecule has 1 aliphatic rings. The lowest BCUT2D eigenvalue weighted by atomic mass is 9.83. The molecule has 0 saturated heterocycles. The Labute approximate surface area is 154 Å². The lowest BCUT2D eigenvalue weighted by Gasteiger charge is -2.29. The summed E-state index contributed by atoms with van der Waals surface area (Å²) in [5, 5.41) is 11.8. The van der Waals surface area contributed by atoms with Crippen molar-refractivity contribution in [1.29, 1.82) is 0 Å². The average Bonchev–Trinajstić information content (AvgIpc) is 3.06. The molecule has 2 N–H and O–H groups in total. The molecule has 144 valence electrons. The fraction of sp³-hybridized carbons (Fsp3) is 0.600. The second kappa shape index (κ2) is 9.03. The Hall–Kier alpha value is -2.08. The molecule has 0 spiro atoms. The summed E-state index contributed by atoms with van der Waals surface area (Å²) in [5.74, 6) is -0.607. The van der Waals surface area contributed by atoms with Crippen LogP contribution in [0.25, 0.3) is 0 Å². The molecule has 1 aromatic carbocycles. The summed E-state index contributed by atoms with van der Waals surface area (Å²) in [4.78, 5) is 23.3. The van der Waals surface area contributed by atoms with E-state index in [4.69, 9.17) is 14.6 Å². The lowest BCUT2D eigenvalue weighted by Crippen LogP contribution is -2.36. The maximum Gasteiger partial charge on any atom is 0.341 e. The molecule has 0 bridgehead atoms. The number of benzene rings is 1. The second-order valence-corrected chi connectivity index (χ2v) is 7.25. The molecule has 0 radical (unpaired) electrons. The van der Waals surface area contributed by atoms with Crippen molar-refractivity contribution in [3.8, 4) is 5.75 Å². The number of carboxylic acid groups (broad SMARTS) is 1. The quantitative estimate of drug-likeness (QED) is 0.704. The van der Waals surface area contributed by atoms with E-state index in [1.54, 1.807) is 19.2 Å². The van der Waals surface area contributed by atoms with Crippen LogP contribution < -0.4 is 10.1 Å². The van der Waals surface area contributed by atoms with Gasteiger partial charge in [-0.3, -0.25) is 4.79 Å². The predicted octanol–water partition coefficient (Wildman–Crippen LogP) is 3.09. The van der Waals surface area contributed by atoms with E-state index in [1.807, 2.05) is 13.8 Å². The van der Waals surface area contributed by atoms with Gasteiger partial charge in [-0.25, -0.2) is 4.79 Å². The summed E-state index contributed by atoms with van der Waals surface area (Å²) in [6.07, 6.45) is 5.61. The number of carbonyl (C=O) groups is 2. The molecular formula is C20H29NO5. The van der Waals surface area contributed by atoms with Crippen molar-refractivity contribution >= 4 is 11.9 Å². The van der Waals surface area contributed by atoms with Crippen LogP contribution in [0.3, 0.4) is 0 Å². The van der Waals surface area contributed by atoms with E-state index < -0.39 is 12.6 Å². The van der Waals surface area contributed by atoms with Gasteiger partial charge in [0.2, 0.25) is 0 Å². The molecule has 2 rings (SSSR count). The SMILES string of the molecule is COCCC1(CNC(=O)c2cc(C)c(OCC(=O)O)c(C)c2)CCCC1. The van der Waals surface area contributed by atoms with Crippen LogP contribution in [0.5, 0.6) is 5.75 Å². The van der Waals surface area contributed by atoms with Gasteiger partial charge in [0.1, 0.15) is 5.75 Å². The van der Waals surface area contributed by atoms with Gasteiger partial charge < -0.3 is 19.9 Å². The zero-order valence-corrected chi connectivity index (χ0v) is 15.9. The highest BCUT2D eigenvalue weighted by molar-refractivity contribution is 5.95. The molecule has 0 aromatic heterocycles. The minimum atomic E-state index is -1.02. The van der Waals surface area contributed by atoms with Crippen LogP contribution in [-0.2, 0) is 9.53 Å². The normalized spacial score (nSPS) is 15.7. The first-order chi connectivity index (χ1) is 12.4. The number of nitrogens with one attached hydrogen (secondary N) is 1. The number of aryl methyl sites for hydroxylation is 2. The molecule has 26 heavy (non-hydrogen) atoms. The van der Waals surface area contributed by atoms with Crippen molar-refractivity contribution in [3.05, 3.63) is 28.8 Å². The van der Waals surface area contributed by atoms with Gasteiger partial charge in [0.15, 0.2) is 6.61 Å². The first-order valence-corrected chi connectivity index (χ1v) is 9.10. The van der Waals surface area contributed by atoms with E-state index in [0.717, 1.165) is 30.4 Å². The van der Waals surface area contributed by atoms with Gasteiger partial charge in [0.25, 0.3) is 5.91 Å². The Morgan fingerprint density at radius 1 is 1.19 bits per heavy atom. The Morgan fingerprint density at radius 3 is 2.35 bits per heavy atom. The van der Waals surface area contributed by atoms with Crippen molar-refractivity contribution in [2.75, 3.05) is 26.9 Å². The van der Waals surface area contributed by atoms with Crippen LogP contribution in [0.15, 0.2) is 12.1 Å². The molecule has 1 fully saturated rings. The third-order valence-electron chi connectivity index (χ3n) is 5.19. The summed E-state index contributed by atoms with van der Waals surface area (Å²) < 4.78 is 10.6. The molecule has 0 atom stereocenters. The highest BCUT2D eigenvalue weighted by atomic mass is 16.5. The number of methoxy groups -OCH3 is 1. The number of amides is 1. The molecule has 6 heteroatoms. The van der Waals surface area contributed by atoms with E-state index in [-0.39, 0.29) is 11.3 Å². The number of carbonyl (C=O) groups excluding carboxylic acids is 1. The summed E-state index contributed by atoms with van der Waals surface area (Å²) in [5.41, 5.74) is 2.22. The minimum absolute atomic E-state index is 0.107. The molecule has 1 amide bonds. The fourth-order valence-corrected chi connectivity index (χ4v) is 3.77. The zero-order valence-electron chi connectivity index (χ0n) is 15.9. The van der Waals surface area contributed by atoms with E-state index in [1.165, 1.54) is 12.8 Å². The summed E-state index contributed by atoms with van der Waals surface area (Å²) >= 11 is 0. The number of hydrogen-bond donors (Lipinski definition) is 2. The van der Waals surface area contributed by atoms with Gasteiger partial charge in [-0.05, 0) is 61.8 Å². The van der Waals surface area contributed by atoms with Crippen LogP contribution in [0.4, 0.5) is 0 Å². The van der Waals surface area contributed by atoms with Crippen LogP contribution in [0.1, 0.15) is 53.6 Å². The Morgan fingerprint density at radius 2 is 1.81 bits per heavy atom. The fourth-order valence-electron chi connectivity index (χ4n) is 3.77. The van der Waals surface area contributed by atoms with Gasteiger partial charge in [-0.1, -0.05) is 12.8 Å². The van der Waals surface area contributed by atoms with E-state index >= 15 is 0 Å². The van der Waals surface area contributed by atoms with Crippen LogP contribution in [0, 0.1) is 19.3 Å². The van der Waals surface area contributed by atoms with Gasteiger partial charge in [-0.2, -0.15) is 0 Å². The van der Waals surface area contributed by atoms with Crippen molar-refractivity contribution in [2.24, 2.45) is 5.41 Å². The van der Waals surface area contributed by atoms with E-state index in [2.05, 4.69) is 5.32 Å². The number of carboxylic acids is 1. The lowest BCUT2D eigenvalue weighted by molar-refractivity contribution is -0.139. The molecule has 1 aliphatic carbocycles. The molecular weight excluding hydrogens is 334 g/mol. The second-order valence-electron chi connectivity index (χ2n) is 7.25. The number of hydrogen-bond acceptors (Lipinski definition) is 4. The number of rotatable bonds is 9. The minimum Gasteiger partial charge on any atom is -0.481 e. The van der Waals surface area contributed by atoms with Crippen molar-refractivity contribution < 1.29 is 24.2 Å². The van der Waals surface area contributed by atoms with Gasteiger partial charge >= 0.3 is 5.97 Å².